The number of ether oxygens (including phenoxy) is 2. The smallest absolute Gasteiger partial charge is 0.185 e. The number of aliphatic imine (C=N–C) groups is 2. The van der Waals surface area contributed by atoms with Crippen LogP contribution in [0.3, 0.4) is 0 Å². The summed E-state index contributed by atoms with van der Waals surface area (Å²) >= 11 is 13.3. The molecule has 0 atom stereocenters. The van der Waals surface area contributed by atoms with Crippen LogP contribution in [-0.4, -0.2) is 231 Å². The molecule has 0 saturated heterocycles. The summed E-state index contributed by atoms with van der Waals surface area (Å²) in [5, 5.41) is 14.4. The van der Waals surface area contributed by atoms with Gasteiger partial charge in [-0.3, -0.25) is 59.9 Å². The highest BCUT2D eigenvalue weighted by atomic mass is 79.9. The van der Waals surface area contributed by atoms with Gasteiger partial charge in [-0.05, 0) is 299 Å². The molecule has 0 aliphatic carbocycles. The van der Waals surface area contributed by atoms with Crippen LogP contribution in [0.2, 0.25) is 0 Å². The van der Waals surface area contributed by atoms with Gasteiger partial charge in [0.2, 0.25) is 0 Å². The van der Waals surface area contributed by atoms with E-state index in [2.05, 4.69) is 253 Å². The van der Waals surface area contributed by atoms with Crippen LogP contribution in [0, 0.1) is 6.92 Å². The number of H-pyrrole nitrogens is 2. The highest BCUT2D eigenvalue weighted by Gasteiger charge is 2.21. The van der Waals surface area contributed by atoms with E-state index in [0.717, 1.165) is 194 Å². The molecule has 40 heteroatoms. The number of ketones is 1. The van der Waals surface area contributed by atoms with E-state index >= 15 is 0 Å². The molecule has 0 spiro atoms. The lowest BCUT2D eigenvalue weighted by Gasteiger charge is -2.10. The van der Waals surface area contributed by atoms with Gasteiger partial charge in [-0.25, -0.2) is 19.9 Å². The Labute approximate surface area is 837 Å². The lowest BCUT2D eigenvalue weighted by molar-refractivity contribution is 0.0988. The second-order valence-electron chi connectivity index (χ2n) is 27.3. The first-order valence-electron chi connectivity index (χ1n) is 40.7. The molecule has 133 heavy (non-hydrogen) atoms. The largest absolute Gasteiger partial charge is 0.494 e. The number of pyridine rings is 11. The zero-order valence-electron chi connectivity index (χ0n) is 72.7. The van der Waals surface area contributed by atoms with Crippen LogP contribution in [-0.2, 0) is 6.42 Å². The molecule has 0 fully saturated rings. The third-order valence-corrected chi connectivity index (χ3v) is 19.5. The van der Waals surface area contributed by atoms with Crippen molar-refractivity contribution in [1.29, 1.82) is 0 Å². The van der Waals surface area contributed by atoms with Crippen LogP contribution >= 0.6 is 76.1 Å². The van der Waals surface area contributed by atoms with Gasteiger partial charge in [0.05, 0.1) is 95.7 Å². The Kier molecular flexibility index (Phi) is 53.9. The zero-order chi connectivity index (χ0) is 93.0. The van der Waals surface area contributed by atoms with Gasteiger partial charge < -0.3 is 9.47 Å². The van der Waals surface area contributed by atoms with Crippen LogP contribution in [0.4, 0.5) is 0 Å². The number of carbonyl (C=O) groups is 1. The van der Waals surface area contributed by atoms with Gasteiger partial charge in [0.15, 0.2) is 5.78 Å². The van der Waals surface area contributed by atoms with Crippen molar-refractivity contribution < 1.29 is 14.3 Å². The number of carbonyl (C=O) groups excluding carboxylic acids is 1. The zero-order valence-corrected chi connectivity index (χ0v) is 79.9. The summed E-state index contributed by atoms with van der Waals surface area (Å²) in [4.78, 5) is 67.9. The average Bonchev–Trinajstić information content (AvgIpc) is 1.75. The second-order valence-corrected chi connectivity index (χ2v) is 30.6. The third kappa shape index (κ3) is 39.1. The van der Waals surface area contributed by atoms with Gasteiger partial charge in [-0.15, -0.1) is 12.4 Å². The maximum Gasteiger partial charge on any atom is 0.185 e. The summed E-state index contributed by atoms with van der Waals surface area (Å²) in [6, 6.07) is 68.6. The SMILES string of the molecule is Brc1cc(-c2cn[nH]c2-c2ccccn2)ccn1.Brc1cc(C2=CCN=C2c2ccccn2)ccn1.C.CCCCOc1ccc(-c2cc(-c3cn[nH]c3-c3ccccn3)ccn2)cc1.CCCCOc1ccc(-c2cc(C3=CCN=C3c3ccccn3)ccn2)cc1.Cc1ccnc(Br)c1.Cl.O=C(Cc1ccnc(Br)c1)c1ccccn1.[B].[B]B([B])[B].[B][B].[B][B]B([B])[B].[B][B][B]. The Morgan fingerprint density at radius 1 is 0.421 bits per heavy atom. The van der Waals surface area contributed by atoms with E-state index in [1.807, 2.05) is 201 Å². The molecule has 0 amide bonds. The first-order valence-corrected chi connectivity index (χ1v) is 43.9. The number of aromatic nitrogens is 15. The van der Waals surface area contributed by atoms with Crippen molar-refractivity contribution >= 4 is 217 Å². The Morgan fingerprint density at radius 3 is 1.14 bits per heavy atom. The molecule has 15 heterocycles. The van der Waals surface area contributed by atoms with Gasteiger partial charge >= 0.3 is 0 Å². The number of nitrogens with zero attached hydrogens (tertiary/aromatic N) is 15. The Bertz CT molecular complexity index is 5980. The summed E-state index contributed by atoms with van der Waals surface area (Å²) in [6.07, 6.45) is 30.9. The van der Waals surface area contributed by atoms with Crippen LogP contribution in [0.5, 0.6) is 11.5 Å². The molecule has 0 bridgehead atoms. The molecule has 0 unspecified atom stereocenters. The Hall–Kier alpha value is -11.2. The topological polar surface area (TPSA) is 259 Å². The van der Waals surface area contributed by atoms with Crippen molar-refractivity contribution in [3.8, 4) is 79.0 Å². The number of Topliss-reactive ketones (excluding diaryl/α,β-unsaturated/α-hetero) is 1. The van der Waals surface area contributed by atoms with Gasteiger partial charge in [0.25, 0.3) is 0 Å². The van der Waals surface area contributed by atoms with E-state index in [4.69, 9.17) is 32.7 Å². The number of halogens is 5. The maximum absolute atomic E-state index is 11.8. The molecule has 13 aromatic heterocycles. The number of nitrogens with one attached hydrogen (secondary N) is 2. The predicted octanol–water partition coefficient (Wildman–Crippen LogP) is 17.2. The fourth-order valence-electron chi connectivity index (χ4n) is 11.8. The van der Waals surface area contributed by atoms with Crippen LogP contribution in [0.15, 0.2) is 333 Å². The molecule has 15 aromatic rings. The van der Waals surface area contributed by atoms with Crippen molar-refractivity contribution in [2.45, 2.75) is 60.3 Å². The van der Waals surface area contributed by atoms with E-state index in [1.54, 1.807) is 74.1 Å². The number of aromatic amines is 2. The van der Waals surface area contributed by atoms with Crippen molar-refractivity contribution in [3.05, 3.63) is 363 Å². The first-order chi connectivity index (χ1) is 63.3. The minimum absolute atomic E-state index is 0. The maximum atomic E-state index is 11.8. The van der Waals surface area contributed by atoms with E-state index in [9.17, 15) is 4.79 Å². The number of rotatable bonds is 22. The number of benzene rings is 2. The number of aryl methyl sites for hydroxylation is 1. The van der Waals surface area contributed by atoms with E-state index < -0.39 is 12.8 Å². The number of hydrogen-bond acceptors (Lipinski definition) is 18. The molecule has 2 aliphatic heterocycles. The standard InChI is InChI=1S/C24H23N3O.C23H22N4O.C14H10BrN3.C13H9BrN4.C12H9BrN2O.C6H6BrN.CH4.B5.B4.B3.B2.B.ClH/c1-2-3-16-28-20-9-7-18(8-10-20)23-17-19(11-14-26-23)21-12-15-27-24(21)22-6-4-5-13-25-22;1-2-3-14-28-19-9-7-17(8-10-19)22-15-18(11-13-25-22)20-16-26-27-23(20)21-6-4-5-12-24-21;15-13-9-10(4-7-17-13)11-5-8-18-14(11)12-3-1-2-6-16-12;14-12-7-9(4-6-16-12)10-8-17-18-13(10)11-3-1-2-5-15-11;13-12-8-9(4-6-15-12)7-11(16)10-3-1-2-5-14-10;1-5-2-3-8-6(7)4-5;;1-4-5(2)3;1-4(2)3;1-3-2;1-2;;/h4-14,17H,2-3,15-16H2,1H3;4-13,15-16H,2-3,14H2,1H3,(H,26,27);1-7,9H,8H2;1-8H,(H,17,18);1-6,8H,7H2;2-4H,1H3;1H4;;;;;;1H. The monoisotopic (exact) mass is 2000 g/mol. The minimum Gasteiger partial charge on any atom is -0.494 e. The van der Waals surface area contributed by atoms with Crippen LogP contribution in [0.25, 0.3) is 78.7 Å². The number of unbranched alkanes of at least 4 members (excludes halogenated alkanes) is 2. The third-order valence-electron chi connectivity index (χ3n) is 17.8. The predicted molar refractivity (Wildman–Crippen MR) is 574 cm³/mol. The van der Waals surface area contributed by atoms with Gasteiger partial charge in [-0.1, -0.05) is 76.6 Å². The van der Waals surface area contributed by atoms with Gasteiger partial charge in [-0.2, -0.15) is 10.2 Å². The minimum atomic E-state index is -0.667. The molecule has 25 radical (unpaired) electrons. The van der Waals surface area contributed by atoms with Gasteiger partial charge in [0.1, 0.15) is 35.6 Å². The lowest BCUT2D eigenvalue weighted by Crippen LogP contribution is -2.23. The van der Waals surface area contributed by atoms with Crippen molar-refractivity contribution in [3.63, 3.8) is 0 Å². The molecule has 2 N–H and O–H groups in total. The highest BCUT2D eigenvalue weighted by molar-refractivity contribution is 9.11. The molecule has 2 aliphatic rings. The fraction of sp³-hybridized carbons (Fsp3) is 0.140. The molecule has 17 rings (SSSR count). The normalized spacial score (nSPS) is 10.7. The molecule has 2 aromatic carbocycles. The summed E-state index contributed by atoms with van der Waals surface area (Å²) < 4.78 is 14.8. The lowest BCUT2D eigenvalue weighted by atomic mass is 8.97. The summed E-state index contributed by atoms with van der Waals surface area (Å²) in [5.74, 6) is 1.80. The quantitative estimate of drug-likeness (QED) is 0.0277. The average molecular weight is 2010 g/mol. The highest BCUT2D eigenvalue weighted by Crippen LogP contribution is 2.34. The number of hydrogen-bond donors (Lipinski definition) is 2. The van der Waals surface area contributed by atoms with E-state index in [-0.39, 0.29) is 34.0 Å². The Morgan fingerprint density at radius 2 is 0.767 bits per heavy atom. The fourth-order valence-corrected chi connectivity index (χ4v) is 13.4. The molecular weight excluding hydrogens is 1920 g/mol. The Balaban J connectivity index is 0.000000280. The summed E-state index contributed by atoms with van der Waals surface area (Å²) in [7, 11) is 47.8. The van der Waals surface area contributed by atoms with Gasteiger partial charge in [0, 0.05) is 221 Å². The molecular formula is C93H84B15Br4ClN17O3. The van der Waals surface area contributed by atoms with Crippen LogP contribution in [0.1, 0.15) is 91.1 Å². The molecule has 0 saturated carbocycles. The van der Waals surface area contributed by atoms with Crippen molar-refractivity contribution in [1.82, 2.24) is 75.2 Å². The van der Waals surface area contributed by atoms with Crippen molar-refractivity contribution in [2.24, 2.45) is 9.98 Å². The van der Waals surface area contributed by atoms with E-state index in [0.29, 0.717) is 25.2 Å². The second kappa shape index (κ2) is 63.8. The summed E-state index contributed by atoms with van der Waals surface area (Å²) in [5.41, 5.74) is 22.4. The first kappa shape index (κ1) is 112. The van der Waals surface area contributed by atoms with Crippen molar-refractivity contribution in [2.75, 3.05) is 26.3 Å². The molecule has 20 nitrogen and oxygen atoms in total. The van der Waals surface area contributed by atoms with E-state index in [1.165, 1.54) is 12.6 Å². The summed E-state index contributed by atoms with van der Waals surface area (Å²) in [6.45, 7) is 9.25. The van der Waals surface area contributed by atoms with Crippen LogP contribution < -0.4 is 9.47 Å². The molecule has 639 valence electrons. The number of allylic oxidation sites excluding steroid dienone is 2.